The topological polar surface area (TPSA) is 44.1 Å². The Hall–Kier alpha value is -1.84. The molecule has 1 aromatic carbocycles. The summed E-state index contributed by atoms with van der Waals surface area (Å²) in [6.45, 7) is 3.00. The summed E-state index contributed by atoms with van der Waals surface area (Å²) in [5.74, 6) is -0.315. The lowest BCUT2D eigenvalue weighted by atomic mass is 10.1. The first kappa shape index (κ1) is 10.7. The number of hydrogen-bond donors (Lipinski definition) is 0. The fourth-order valence-corrected chi connectivity index (χ4v) is 1.72. The highest BCUT2D eigenvalue weighted by Gasteiger charge is 2.08. The molecule has 0 aliphatic rings. The second kappa shape index (κ2) is 4.35. The van der Waals surface area contributed by atoms with Gasteiger partial charge in [0.05, 0.1) is 24.4 Å². The summed E-state index contributed by atoms with van der Waals surface area (Å²) in [5, 5.41) is 5.24. The van der Waals surface area contributed by atoms with Crippen molar-refractivity contribution < 1.29 is 9.53 Å². The zero-order valence-corrected chi connectivity index (χ0v) is 9.43. The molecule has 0 saturated carbocycles. The van der Waals surface area contributed by atoms with Crippen molar-refractivity contribution in [1.29, 1.82) is 0 Å². The third kappa shape index (κ3) is 1.78. The molecule has 0 fully saturated rings. The zero-order chi connectivity index (χ0) is 11.5. The van der Waals surface area contributed by atoms with E-state index in [1.807, 2.05) is 10.7 Å². The largest absolute Gasteiger partial charge is 0.465 e. The molecule has 0 saturated heterocycles. The summed E-state index contributed by atoms with van der Waals surface area (Å²) in [7, 11) is 1.38. The van der Waals surface area contributed by atoms with Crippen LogP contribution in [0.1, 0.15) is 23.7 Å². The standard InChI is InChI=1S/C12H14N2O2/c1-3-6-14-11-5-4-9(12(15)16-2)7-10(11)8-13-14/h4-5,7-8H,3,6H2,1-2H3. The Morgan fingerprint density at radius 1 is 1.50 bits per heavy atom. The maximum atomic E-state index is 11.3. The van der Waals surface area contributed by atoms with Crippen molar-refractivity contribution >= 4 is 16.9 Å². The quantitative estimate of drug-likeness (QED) is 0.742. The van der Waals surface area contributed by atoms with Crippen LogP contribution < -0.4 is 0 Å². The molecule has 4 heteroatoms. The number of benzene rings is 1. The Kier molecular flexibility index (Phi) is 2.90. The Balaban J connectivity index is 2.44. The van der Waals surface area contributed by atoms with Gasteiger partial charge in [0.15, 0.2) is 0 Å². The first-order valence-corrected chi connectivity index (χ1v) is 5.30. The van der Waals surface area contributed by atoms with E-state index < -0.39 is 0 Å². The Morgan fingerprint density at radius 2 is 2.31 bits per heavy atom. The van der Waals surface area contributed by atoms with Crippen molar-refractivity contribution in [2.45, 2.75) is 19.9 Å². The van der Waals surface area contributed by atoms with Crippen LogP contribution in [0, 0.1) is 0 Å². The molecule has 4 nitrogen and oxygen atoms in total. The van der Waals surface area contributed by atoms with Gasteiger partial charge in [0.2, 0.25) is 0 Å². The third-order valence-corrected chi connectivity index (χ3v) is 2.50. The van der Waals surface area contributed by atoms with Crippen molar-refractivity contribution in [3.05, 3.63) is 30.0 Å². The Labute approximate surface area is 93.8 Å². The van der Waals surface area contributed by atoms with E-state index in [0.29, 0.717) is 5.56 Å². The molecule has 0 aliphatic heterocycles. The molecule has 2 aromatic rings. The average molecular weight is 218 g/mol. The first-order chi connectivity index (χ1) is 7.76. The van der Waals surface area contributed by atoms with Gasteiger partial charge in [-0.2, -0.15) is 5.10 Å². The van der Waals surface area contributed by atoms with Gasteiger partial charge in [0, 0.05) is 11.9 Å². The second-order valence-corrected chi connectivity index (χ2v) is 3.63. The monoisotopic (exact) mass is 218 g/mol. The number of aromatic nitrogens is 2. The van der Waals surface area contributed by atoms with Crippen LogP contribution in [-0.4, -0.2) is 22.9 Å². The Bertz CT molecular complexity index is 517. The number of rotatable bonds is 3. The van der Waals surface area contributed by atoms with Gasteiger partial charge in [-0.15, -0.1) is 0 Å². The summed E-state index contributed by atoms with van der Waals surface area (Å²) < 4.78 is 6.61. The second-order valence-electron chi connectivity index (χ2n) is 3.63. The summed E-state index contributed by atoms with van der Waals surface area (Å²) in [4.78, 5) is 11.3. The molecule has 0 aliphatic carbocycles. The number of aryl methyl sites for hydroxylation is 1. The highest BCUT2D eigenvalue weighted by Crippen LogP contribution is 2.16. The number of nitrogens with zero attached hydrogens (tertiary/aromatic N) is 2. The SMILES string of the molecule is CCCn1ncc2cc(C(=O)OC)ccc21. The lowest BCUT2D eigenvalue weighted by molar-refractivity contribution is 0.0601. The minimum Gasteiger partial charge on any atom is -0.465 e. The van der Waals surface area contributed by atoms with Gasteiger partial charge in [-0.3, -0.25) is 4.68 Å². The number of carbonyl (C=O) groups excluding carboxylic acids is 1. The number of carbonyl (C=O) groups is 1. The molecule has 0 unspecified atom stereocenters. The first-order valence-electron chi connectivity index (χ1n) is 5.30. The normalized spacial score (nSPS) is 10.6. The van der Waals surface area contributed by atoms with Crippen molar-refractivity contribution in [2.75, 3.05) is 7.11 Å². The number of fused-ring (bicyclic) bond motifs is 1. The van der Waals surface area contributed by atoms with E-state index in [0.717, 1.165) is 23.9 Å². The molecule has 84 valence electrons. The van der Waals surface area contributed by atoms with Gasteiger partial charge in [-0.1, -0.05) is 6.92 Å². The fraction of sp³-hybridized carbons (Fsp3) is 0.333. The van der Waals surface area contributed by atoms with Crippen LogP contribution in [0.4, 0.5) is 0 Å². The van der Waals surface area contributed by atoms with E-state index >= 15 is 0 Å². The molecule has 0 radical (unpaired) electrons. The molecule has 0 atom stereocenters. The van der Waals surface area contributed by atoms with Crippen molar-refractivity contribution in [2.24, 2.45) is 0 Å². The van der Waals surface area contributed by atoms with E-state index in [1.165, 1.54) is 7.11 Å². The molecule has 0 bridgehead atoms. The van der Waals surface area contributed by atoms with Gasteiger partial charge in [-0.25, -0.2) is 4.79 Å². The minimum atomic E-state index is -0.315. The fourth-order valence-electron chi connectivity index (χ4n) is 1.72. The minimum absolute atomic E-state index is 0.315. The van der Waals surface area contributed by atoms with Crippen LogP contribution in [0.25, 0.3) is 10.9 Å². The van der Waals surface area contributed by atoms with Crippen LogP contribution in [-0.2, 0) is 11.3 Å². The van der Waals surface area contributed by atoms with Crippen LogP contribution in [0.2, 0.25) is 0 Å². The smallest absolute Gasteiger partial charge is 0.337 e. The molecular formula is C12H14N2O2. The van der Waals surface area contributed by atoms with Crippen LogP contribution in [0.5, 0.6) is 0 Å². The molecule has 0 spiro atoms. The summed E-state index contributed by atoms with van der Waals surface area (Å²) in [5.41, 5.74) is 1.61. The number of ether oxygens (including phenoxy) is 1. The van der Waals surface area contributed by atoms with Crippen molar-refractivity contribution in [3.63, 3.8) is 0 Å². The maximum Gasteiger partial charge on any atom is 0.337 e. The average Bonchev–Trinajstić information content (AvgIpc) is 2.71. The van der Waals surface area contributed by atoms with Crippen molar-refractivity contribution in [3.8, 4) is 0 Å². The molecule has 0 amide bonds. The zero-order valence-electron chi connectivity index (χ0n) is 9.43. The highest BCUT2D eigenvalue weighted by molar-refractivity contribution is 5.94. The lowest BCUT2D eigenvalue weighted by Crippen LogP contribution is -2.01. The summed E-state index contributed by atoms with van der Waals surface area (Å²) in [6.07, 6.45) is 2.81. The van der Waals surface area contributed by atoms with Crippen LogP contribution >= 0.6 is 0 Å². The van der Waals surface area contributed by atoms with E-state index in [1.54, 1.807) is 18.3 Å². The molecule has 2 rings (SSSR count). The van der Waals surface area contributed by atoms with Crippen molar-refractivity contribution in [1.82, 2.24) is 9.78 Å². The predicted molar refractivity (Wildman–Crippen MR) is 61.4 cm³/mol. The van der Waals surface area contributed by atoms with Gasteiger partial charge in [-0.05, 0) is 24.6 Å². The summed E-state index contributed by atoms with van der Waals surface area (Å²) in [6, 6.07) is 5.48. The molecule has 1 aromatic heterocycles. The van der Waals surface area contributed by atoms with Gasteiger partial charge in [0.1, 0.15) is 0 Å². The van der Waals surface area contributed by atoms with Crippen LogP contribution in [0.3, 0.4) is 0 Å². The third-order valence-electron chi connectivity index (χ3n) is 2.50. The van der Waals surface area contributed by atoms with E-state index in [9.17, 15) is 4.79 Å². The lowest BCUT2D eigenvalue weighted by Gasteiger charge is -2.02. The number of hydrogen-bond acceptors (Lipinski definition) is 3. The van der Waals surface area contributed by atoms with Gasteiger partial charge >= 0.3 is 5.97 Å². The van der Waals surface area contributed by atoms with Gasteiger partial charge < -0.3 is 4.74 Å². The van der Waals surface area contributed by atoms with Gasteiger partial charge in [0.25, 0.3) is 0 Å². The maximum absolute atomic E-state index is 11.3. The summed E-state index contributed by atoms with van der Waals surface area (Å²) >= 11 is 0. The van der Waals surface area contributed by atoms with Crippen LogP contribution in [0.15, 0.2) is 24.4 Å². The number of methoxy groups -OCH3 is 1. The molecular weight excluding hydrogens is 204 g/mol. The Morgan fingerprint density at radius 3 is 3.00 bits per heavy atom. The molecule has 1 heterocycles. The molecule has 16 heavy (non-hydrogen) atoms. The molecule has 0 N–H and O–H groups in total. The van der Waals surface area contributed by atoms with E-state index in [4.69, 9.17) is 0 Å². The number of esters is 1. The van der Waals surface area contributed by atoms with E-state index in [-0.39, 0.29) is 5.97 Å². The highest BCUT2D eigenvalue weighted by atomic mass is 16.5. The predicted octanol–water partition coefficient (Wildman–Crippen LogP) is 2.23. The van der Waals surface area contributed by atoms with E-state index in [2.05, 4.69) is 16.8 Å².